The van der Waals surface area contributed by atoms with E-state index in [2.05, 4.69) is 44.2 Å². The lowest BCUT2D eigenvalue weighted by Crippen LogP contribution is -1.90. The van der Waals surface area contributed by atoms with E-state index in [1.807, 2.05) is 12.1 Å². The molecule has 0 aromatic heterocycles. The Labute approximate surface area is 90.6 Å². The Kier molecular flexibility index (Phi) is 2.46. The van der Waals surface area contributed by atoms with Crippen LogP contribution < -0.4 is 5.73 Å². The summed E-state index contributed by atoms with van der Waals surface area (Å²) in [7, 11) is 0. The van der Waals surface area contributed by atoms with E-state index in [9.17, 15) is 0 Å². The smallest absolute Gasteiger partial charge is 0.0317 e. The van der Waals surface area contributed by atoms with Gasteiger partial charge in [0.2, 0.25) is 0 Å². The second-order valence-corrected chi connectivity index (χ2v) is 3.89. The first kappa shape index (κ1) is 9.78. The van der Waals surface area contributed by atoms with Crippen LogP contribution in [0, 0.1) is 13.8 Å². The zero-order valence-electron chi connectivity index (χ0n) is 9.12. The molecule has 2 rings (SSSR count). The van der Waals surface area contributed by atoms with Crippen LogP contribution in [-0.4, -0.2) is 0 Å². The van der Waals surface area contributed by atoms with Crippen molar-refractivity contribution in [1.29, 1.82) is 0 Å². The maximum absolute atomic E-state index is 5.74. The molecule has 0 spiro atoms. The Morgan fingerprint density at radius 3 is 2.13 bits per heavy atom. The molecule has 0 amide bonds. The number of hydrogen-bond donors (Lipinski definition) is 1. The van der Waals surface area contributed by atoms with Crippen molar-refractivity contribution < 1.29 is 0 Å². The monoisotopic (exact) mass is 197 g/mol. The van der Waals surface area contributed by atoms with Crippen molar-refractivity contribution in [1.82, 2.24) is 0 Å². The van der Waals surface area contributed by atoms with E-state index in [1.165, 1.54) is 22.3 Å². The van der Waals surface area contributed by atoms with Crippen molar-refractivity contribution in [3.63, 3.8) is 0 Å². The summed E-state index contributed by atoms with van der Waals surface area (Å²) in [5.74, 6) is 0. The summed E-state index contributed by atoms with van der Waals surface area (Å²) < 4.78 is 0. The molecular formula is C14H15N. The standard InChI is InChI=1S/C14H15N/c1-10-5-3-4-6-13(10)14-8-7-12(15)9-11(14)2/h3-9H,15H2,1-2H3. The van der Waals surface area contributed by atoms with Crippen LogP contribution >= 0.6 is 0 Å². The predicted molar refractivity (Wildman–Crippen MR) is 65.8 cm³/mol. The second-order valence-electron chi connectivity index (χ2n) is 3.89. The van der Waals surface area contributed by atoms with Gasteiger partial charge in [0.15, 0.2) is 0 Å². The first-order chi connectivity index (χ1) is 7.18. The molecular weight excluding hydrogens is 182 g/mol. The van der Waals surface area contributed by atoms with Crippen molar-refractivity contribution in [3.8, 4) is 11.1 Å². The number of rotatable bonds is 1. The van der Waals surface area contributed by atoms with E-state index in [0.29, 0.717) is 0 Å². The average Bonchev–Trinajstić information content (AvgIpc) is 2.20. The molecule has 0 aliphatic heterocycles. The summed E-state index contributed by atoms with van der Waals surface area (Å²) in [6.07, 6.45) is 0. The summed E-state index contributed by atoms with van der Waals surface area (Å²) in [6.45, 7) is 4.23. The van der Waals surface area contributed by atoms with Crippen molar-refractivity contribution in [2.75, 3.05) is 5.73 Å². The Bertz CT molecular complexity index is 486. The molecule has 0 unspecified atom stereocenters. The SMILES string of the molecule is Cc1ccccc1-c1ccc(N)cc1C. The molecule has 0 atom stereocenters. The van der Waals surface area contributed by atoms with Gasteiger partial charge in [-0.3, -0.25) is 0 Å². The fourth-order valence-electron chi connectivity index (χ4n) is 1.86. The van der Waals surface area contributed by atoms with Crippen LogP contribution in [0.15, 0.2) is 42.5 Å². The van der Waals surface area contributed by atoms with Gasteiger partial charge in [0.25, 0.3) is 0 Å². The molecule has 15 heavy (non-hydrogen) atoms. The van der Waals surface area contributed by atoms with Gasteiger partial charge in [-0.1, -0.05) is 30.3 Å². The van der Waals surface area contributed by atoms with Gasteiger partial charge in [-0.05, 0) is 48.2 Å². The third kappa shape index (κ3) is 1.86. The molecule has 76 valence electrons. The van der Waals surface area contributed by atoms with Gasteiger partial charge >= 0.3 is 0 Å². The first-order valence-electron chi connectivity index (χ1n) is 5.10. The number of nitrogen functional groups attached to an aromatic ring is 1. The first-order valence-corrected chi connectivity index (χ1v) is 5.10. The molecule has 0 saturated heterocycles. The van der Waals surface area contributed by atoms with Crippen LogP contribution in [0.5, 0.6) is 0 Å². The van der Waals surface area contributed by atoms with Gasteiger partial charge in [-0.2, -0.15) is 0 Å². The zero-order chi connectivity index (χ0) is 10.8. The average molecular weight is 197 g/mol. The molecule has 1 heteroatoms. The van der Waals surface area contributed by atoms with Gasteiger partial charge in [-0.15, -0.1) is 0 Å². The lowest BCUT2D eigenvalue weighted by molar-refractivity contribution is 1.41. The summed E-state index contributed by atoms with van der Waals surface area (Å²) in [5, 5.41) is 0. The summed E-state index contributed by atoms with van der Waals surface area (Å²) >= 11 is 0. The van der Waals surface area contributed by atoms with E-state index < -0.39 is 0 Å². The van der Waals surface area contributed by atoms with Crippen molar-refractivity contribution >= 4 is 5.69 Å². The van der Waals surface area contributed by atoms with Gasteiger partial charge in [0.1, 0.15) is 0 Å². The summed E-state index contributed by atoms with van der Waals surface area (Å²) in [4.78, 5) is 0. The highest BCUT2D eigenvalue weighted by Crippen LogP contribution is 2.27. The van der Waals surface area contributed by atoms with E-state index in [4.69, 9.17) is 5.73 Å². The minimum absolute atomic E-state index is 0.824. The lowest BCUT2D eigenvalue weighted by Gasteiger charge is -2.09. The molecule has 2 aromatic rings. The van der Waals surface area contributed by atoms with Crippen molar-refractivity contribution in [2.24, 2.45) is 0 Å². The number of aryl methyl sites for hydroxylation is 2. The second kappa shape index (κ2) is 3.77. The maximum Gasteiger partial charge on any atom is 0.0317 e. The van der Waals surface area contributed by atoms with Gasteiger partial charge in [-0.25, -0.2) is 0 Å². The molecule has 0 fully saturated rings. The van der Waals surface area contributed by atoms with Gasteiger partial charge in [0, 0.05) is 5.69 Å². The highest BCUT2D eigenvalue weighted by atomic mass is 14.5. The maximum atomic E-state index is 5.74. The molecule has 0 aliphatic rings. The molecule has 0 aliphatic carbocycles. The van der Waals surface area contributed by atoms with Crippen LogP contribution in [0.2, 0.25) is 0 Å². The topological polar surface area (TPSA) is 26.0 Å². The number of nitrogens with two attached hydrogens (primary N) is 1. The molecule has 1 nitrogen and oxygen atoms in total. The van der Waals surface area contributed by atoms with Crippen LogP contribution in [0.3, 0.4) is 0 Å². The minimum Gasteiger partial charge on any atom is -0.399 e. The predicted octanol–water partition coefficient (Wildman–Crippen LogP) is 3.55. The Morgan fingerprint density at radius 2 is 1.47 bits per heavy atom. The summed E-state index contributed by atoms with van der Waals surface area (Å²) in [6, 6.07) is 14.5. The van der Waals surface area contributed by atoms with E-state index >= 15 is 0 Å². The van der Waals surface area contributed by atoms with E-state index in [1.54, 1.807) is 0 Å². The normalized spacial score (nSPS) is 10.3. The van der Waals surface area contributed by atoms with Crippen LogP contribution in [-0.2, 0) is 0 Å². The number of hydrogen-bond acceptors (Lipinski definition) is 1. The van der Waals surface area contributed by atoms with Gasteiger partial charge < -0.3 is 5.73 Å². The third-order valence-electron chi connectivity index (χ3n) is 2.69. The largest absolute Gasteiger partial charge is 0.399 e. The molecule has 2 aromatic carbocycles. The highest BCUT2D eigenvalue weighted by molar-refractivity contribution is 5.72. The molecule has 0 saturated carbocycles. The minimum atomic E-state index is 0.824. The molecule has 0 radical (unpaired) electrons. The summed E-state index contributed by atoms with van der Waals surface area (Å²) in [5.41, 5.74) is 11.6. The van der Waals surface area contributed by atoms with E-state index in [0.717, 1.165) is 5.69 Å². The lowest BCUT2D eigenvalue weighted by atomic mass is 9.96. The third-order valence-corrected chi connectivity index (χ3v) is 2.69. The quantitative estimate of drug-likeness (QED) is 0.695. The fraction of sp³-hybridized carbons (Fsp3) is 0.143. The van der Waals surface area contributed by atoms with E-state index in [-0.39, 0.29) is 0 Å². The fourth-order valence-corrected chi connectivity index (χ4v) is 1.86. The number of benzene rings is 2. The van der Waals surface area contributed by atoms with Crippen LogP contribution in [0.4, 0.5) is 5.69 Å². The molecule has 0 bridgehead atoms. The number of anilines is 1. The Morgan fingerprint density at radius 1 is 0.800 bits per heavy atom. The highest BCUT2D eigenvalue weighted by Gasteiger charge is 2.03. The van der Waals surface area contributed by atoms with Crippen LogP contribution in [0.1, 0.15) is 11.1 Å². The van der Waals surface area contributed by atoms with Crippen molar-refractivity contribution in [2.45, 2.75) is 13.8 Å². The van der Waals surface area contributed by atoms with Crippen molar-refractivity contribution in [3.05, 3.63) is 53.6 Å². The zero-order valence-corrected chi connectivity index (χ0v) is 9.12. The van der Waals surface area contributed by atoms with Gasteiger partial charge in [0.05, 0.1) is 0 Å². The van der Waals surface area contributed by atoms with Crippen LogP contribution in [0.25, 0.3) is 11.1 Å². The Hall–Kier alpha value is -1.76. The molecule has 2 N–H and O–H groups in total. The molecule has 0 heterocycles. The Balaban J connectivity index is 2.60.